The highest BCUT2D eigenvalue weighted by Gasteiger charge is 2.16. The number of piperidine rings is 1. The van der Waals surface area contributed by atoms with Crippen molar-refractivity contribution in [2.24, 2.45) is 0 Å². The van der Waals surface area contributed by atoms with Crippen LogP contribution >= 0.6 is 0 Å². The van der Waals surface area contributed by atoms with Gasteiger partial charge in [-0.05, 0) is 67.6 Å². The predicted molar refractivity (Wildman–Crippen MR) is 104 cm³/mol. The van der Waals surface area contributed by atoms with Crippen LogP contribution in [0.4, 0.5) is 0 Å². The van der Waals surface area contributed by atoms with Crippen molar-refractivity contribution in [2.75, 3.05) is 26.7 Å². The Morgan fingerprint density at radius 2 is 1.62 bits per heavy atom. The van der Waals surface area contributed by atoms with E-state index in [-0.39, 0.29) is 6.10 Å². The highest BCUT2D eigenvalue weighted by atomic mass is 16.5. The largest absolute Gasteiger partial charge is 0.497 e. The van der Waals surface area contributed by atoms with Crippen LogP contribution in [-0.4, -0.2) is 42.9 Å². The van der Waals surface area contributed by atoms with Crippen molar-refractivity contribution >= 4 is 0 Å². The highest BCUT2D eigenvalue weighted by molar-refractivity contribution is 5.32. The molecule has 0 amide bonds. The van der Waals surface area contributed by atoms with Crippen LogP contribution in [0.1, 0.15) is 30.4 Å². The van der Waals surface area contributed by atoms with E-state index in [1.54, 1.807) is 7.11 Å². The van der Waals surface area contributed by atoms with E-state index in [1.807, 2.05) is 24.3 Å². The van der Waals surface area contributed by atoms with Gasteiger partial charge in [0.05, 0.1) is 13.2 Å². The van der Waals surface area contributed by atoms with Gasteiger partial charge in [0.25, 0.3) is 0 Å². The number of aryl methyl sites for hydroxylation is 1. The first-order valence-electron chi connectivity index (χ1n) is 9.48. The van der Waals surface area contributed by atoms with Gasteiger partial charge in [-0.25, -0.2) is 0 Å². The molecular formula is C22H29NO3. The minimum atomic E-state index is -0.0953. The first kappa shape index (κ1) is 18.7. The van der Waals surface area contributed by atoms with Crippen LogP contribution < -0.4 is 9.47 Å². The second-order valence-electron chi connectivity index (χ2n) is 6.91. The summed E-state index contributed by atoms with van der Waals surface area (Å²) in [4.78, 5) is 2.46. The lowest BCUT2D eigenvalue weighted by Crippen LogP contribution is -2.36. The molecule has 140 valence electrons. The van der Waals surface area contributed by atoms with E-state index < -0.39 is 0 Å². The maximum Gasteiger partial charge on any atom is 0.120 e. The topological polar surface area (TPSA) is 41.9 Å². The van der Waals surface area contributed by atoms with E-state index in [4.69, 9.17) is 9.47 Å². The number of aliphatic hydroxyl groups excluding tert-OH is 1. The molecule has 26 heavy (non-hydrogen) atoms. The minimum Gasteiger partial charge on any atom is -0.497 e. The van der Waals surface area contributed by atoms with Gasteiger partial charge in [0.2, 0.25) is 0 Å². The Morgan fingerprint density at radius 1 is 0.962 bits per heavy atom. The van der Waals surface area contributed by atoms with E-state index in [2.05, 4.69) is 29.2 Å². The van der Waals surface area contributed by atoms with Gasteiger partial charge in [0.15, 0.2) is 0 Å². The van der Waals surface area contributed by atoms with E-state index in [1.165, 1.54) is 11.1 Å². The van der Waals surface area contributed by atoms with Crippen molar-refractivity contribution < 1.29 is 14.6 Å². The lowest BCUT2D eigenvalue weighted by atomic mass is 10.0. The van der Waals surface area contributed by atoms with Crippen LogP contribution in [0.15, 0.2) is 48.5 Å². The van der Waals surface area contributed by atoms with Crippen LogP contribution in [-0.2, 0) is 13.0 Å². The number of likely N-dealkylation sites (tertiary alicyclic amines) is 1. The fraction of sp³-hybridized carbons (Fsp3) is 0.455. The molecule has 0 spiro atoms. The third-order valence-electron chi connectivity index (χ3n) is 5.05. The third-order valence-corrected chi connectivity index (χ3v) is 5.05. The fourth-order valence-electron chi connectivity index (χ4n) is 3.41. The smallest absolute Gasteiger partial charge is 0.120 e. The zero-order valence-electron chi connectivity index (χ0n) is 15.6. The molecule has 3 rings (SSSR count). The summed E-state index contributed by atoms with van der Waals surface area (Å²) >= 11 is 0. The summed E-state index contributed by atoms with van der Waals surface area (Å²) in [7, 11) is 1.66. The second kappa shape index (κ2) is 9.60. The van der Waals surface area contributed by atoms with Crippen LogP contribution in [0.2, 0.25) is 0 Å². The second-order valence-corrected chi connectivity index (χ2v) is 6.91. The van der Waals surface area contributed by atoms with Gasteiger partial charge in [-0.15, -0.1) is 0 Å². The molecule has 0 aromatic heterocycles. The van der Waals surface area contributed by atoms with Gasteiger partial charge >= 0.3 is 0 Å². The maximum absolute atomic E-state index is 9.60. The number of hydrogen-bond acceptors (Lipinski definition) is 4. The number of nitrogens with zero attached hydrogens (tertiary/aromatic N) is 1. The Kier molecular flexibility index (Phi) is 6.92. The number of rotatable bonds is 8. The first-order chi connectivity index (χ1) is 12.7. The zero-order valence-corrected chi connectivity index (χ0v) is 15.6. The van der Waals surface area contributed by atoms with Gasteiger partial charge in [-0.1, -0.05) is 24.3 Å². The molecule has 0 atom stereocenters. The Hall–Kier alpha value is -2.04. The van der Waals surface area contributed by atoms with Gasteiger partial charge < -0.3 is 19.5 Å². The molecule has 0 radical (unpaired) electrons. The van der Waals surface area contributed by atoms with Crippen molar-refractivity contribution in [3.05, 3.63) is 59.7 Å². The summed E-state index contributed by atoms with van der Waals surface area (Å²) in [6.45, 7) is 3.71. The van der Waals surface area contributed by atoms with Crippen molar-refractivity contribution in [3.8, 4) is 11.5 Å². The molecule has 1 fully saturated rings. The van der Waals surface area contributed by atoms with E-state index in [9.17, 15) is 5.11 Å². The Labute approximate surface area is 156 Å². The van der Waals surface area contributed by atoms with E-state index >= 15 is 0 Å². The molecule has 2 aromatic rings. The standard InChI is InChI=1S/C22H29NO3/c1-25-21-8-10-22(11-9-21)26-17-19-6-3-2-5-18(19)7-4-14-23-15-12-20(24)13-16-23/h2-3,5-6,8-11,20,24H,4,7,12-17H2,1H3. The number of hydrogen-bond donors (Lipinski definition) is 1. The van der Waals surface area contributed by atoms with Crippen LogP contribution in [0.3, 0.4) is 0 Å². The molecular weight excluding hydrogens is 326 g/mol. The van der Waals surface area contributed by atoms with Gasteiger partial charge in [-0.2, -0.15) is 0 Å². The summed E-state index contributed by atoms with van der Waals surface area (Å²) in [5.74, 6) is 1.69. The molecule has 1 aliphatic heterocycles. The van der Waals surface area contributed by atoms with Crippen LogP contribution in [0.25, 0.3) is 0 Å². The maximum atomic E-state index is 9.60. The molecule has 0 aliphatic carbocycles. The quantitative estimate of drug-likeness (QED) is 0.785. The van der Waals surface area contributed by atoms with Gasteiger partial charge in [0, 0.05) is 13.1 Å². The summed E-state index contributed by atoms with van der Waals surface area (Å²) in [6.07, 6.45) is 3.91. The molecule has 0 saturated carbocycles. The lowest BCUT2D eigenvalue weighted by Gasteiger charge is -2.29. The average molecular weight is 355 g/mol. The van der Waals surface area contributed by atoms with Crippen molar-refractivity contribution in [2.45, 2.75) is 38.4 Å². The predicted octanol–water partition coefficient (Wildman–Crippen LogP) is 3.66. The third kappa shape index (κ3) is 5.48. The first-order valence-corrected chi connectivity index (χ1v) is 9.48. The molecule has 1 N–H and O–H groups in total. The van der Waals surface area contributed by atoms with E-state index in [0.29, 0.717) is 6.61 Å². The van der Waals surface area contributed by atoms with Crippen molar-refractivity contribution in [1.82, 2.24) is 4.90 Å². The molecule has 4 heteroatoms. The SMILES string of the molecule is COc1ccc(OCc2ccccc2CCCN2CCC(O)CC2)cc1. The summed E-state index contributed by atoms with van der Waals surface area (Å²) in [5, 5.41) is 9.60. The number of ether oxygens (including phenoxy) is 2. The fourth-order valence-corrected chi connectivity index (χ4v) is 3.41. The molecule has 1 heterocycles. The lowest BCUT2D eigenvalue weighted by molar-refractivity contribution is 0.0821. The van der Waals surface area contributed by atoms with Gasteiger partial charge in [-0.3, -0.25) is 0 Å². The Bertz CT molecular complexity index is 663. The van der Waals surface area contributed by atoms with Crippen molar-refractivity contribution in [1.29, 1.82) is 0 Å². The molecule has 1 saturated heterocycles. The van der Waals surface area contributed by atoms with Crippen LogP contribution in [0.5, 0.6) is 11.5 Å². The summed E-state index contributed by atoms with van der Waals surface area (Å²) in [5.41, 5.74) is 2.61. The molecule has 1 aliphatic rings. The normalized spacial score (nSPS) is 15.8. The van der Waals surface area contributed by atoms with Crippen molar-refractivity contribution in [3.63, 3.8) is 0 Å². The zero-order chi connectivity index (χ0) is 18.2. The monoisotopic (exact) mass is 355 g/mol. The highest BCUT2D eigenvalue weighted by Crippen LogP contribution is 2.20. The van der Waals surface area contributed by atoms with Crippen LogP contribution in [0, 0.1) is 0 Å². The number of aliphatic hydroxyl groups is 1. The molecule has 2 aromatic carbocycles. The average Bonchev–Trinajstić information content (AvgIpc) is 2.69. The number of methoxy groups -OCH3 is 1. The Morgan fingerprint density at radius 3 is 2.31 bits per heavy atom. The van der Waals surface area contributed by atoms with Gasteiger partial charge in [0.1, 0.15) is 18.1 Å². The number of benzene rings is 2. The van der Waals surface area contributed by atoms with E-state index in [0.717, 1.165) is 56.8 Å². The molecule has 0 unspecified atom stereocenters. The summed E-state index contributed by atoms with van der Waals surface area (Å²) < 4.78 is 11.1. The molecule has 4 nitrogen and oxygen atoms in total. The minimum absolute atomic E-state index is 0.0953. The molecule has 0 bridgehead atoms. The Balaban J connectivity index is 1.49. The summed E-state index contributed by atoms with van der Waals surface area (Å²) in [6, 6.07) is 16.2.